The van der Waals surface area contributed by atoms with E-state index in [9.17, 15) is 9.59 Å². The third kappa shape index (κ3) is 4.11. The molecule has 2 atom stereocenters. The quantitative estimate of drug-likeness (QED) is 0.604. The molecule has 2 N–H and O–H groups in total. The second-order valence-electron chi connectivity index (χ2n) is 9.01. The minimum atomic E-state index is -0.167. The summed E-state index contributed by atoms with van der Waals surface area (Å²) in [6.45, 7) is 4.76. The number of carbonyl (C=O) groups excluding carboxylic acids is 1. The number of anilines is 1. The molecule has 8 nitrogen and oxygen atoms in total. The average molecular weight is 447 g/mol. The van der Waals surface area contributed by atoms with Gasteiger partial charge in [-0.3, -0.25) is 19.5 Å². The van der Waals surface area contributed by atoms with Crippen LogP contribution in [0.1, 0.15) is 47.8 Å². The molecule has 1 saturated heterocycles. The number of aryl methyl sites for hydroxylation is 1. The highest BCUT2D eigenvalue weighted by molar-refractivity contribution is 5.92. The van der Waals surface area contributed by atoms with Gasteiger partial charge in [0.2, 0.25) is 0 Å². The maximum atomic E-state index is 12.3. The van der Waals surface area contributed by atoms with E-state index in [1.165, 1.54) is 6.42 Å². The van der Waals surface area contributed by atoms with Crippen LogP contribution in [-0.2, 0) is 13.0 Å². The van der Waals surface area contributed by atoms with Crippen molar-refractivity contribution >= 4 is 22.6 Å². The molecule has 0 radical (unpaired) electrons. The summed E-state index contributed by atoms with van der Waals surface area (Å²) < 4.78 is 0. The highest BCUT2D eigenvalue weighted by atomic mass is 16.1. The zero-order valence-electron chi connectivity index (χ0n) is 19.2. The average Bonchev–Trinajstić information content (AvgIpc) is 2.80. The predicted molar refractivity (Wildman–Crippen MR) is 129 cm³/mol. The molecule has 3 aromatic heterocycles. The van der Waals surface area contributed by atoms with Crippen molar-refractivity contribution in [3.8, 4) is 0 Å². The van der Waals surface area contributed by atoms with E-state index < -0.39 is 0 Å². The number of aromatic nitrogens is 3. The van der Waals surface area contributed by atoms with E-state index in [0.717, 1.165) is 66.7 Å². The van der Waals surface area contributed by atoms with Gasteiger partial charge in [-0.2, -0.15) is 0 Å². The Bertz CT molecular complexity index is 1220. The molecule has 2 aliphatic rings. The SMILES string of the molecule is CCCc1cc2ncc(CN3CCN(c4ccc(C(=O)NC)nc4)[C@@H]4CC[C@H]43)cc2[nH]c1=O. The summed E-state index contributed by atoms with van der Waals surface area (Å²) in [5.41, 5.74) is 5.09. The maximum absolute atomic E-state index is 12.3. The Morgan fingerprint density at radius 1 is 1.15 bits per heavy atom. The molecule has 0 bridgehead atoms. The van der Waals surface area contributed by atoms with Crippen LogP contribution in [0.5, 0.6) is 0 Å². The van der Waals surface area contributed by atoms with E-state index in [2.05, 4.69) is 43.1 Å². The summed E-state index contributed by atoms with van der Waals surface area (Å²) in [7, 11) is 1.61. The molecule has 33 heavy (non-hydrogen) atoms. The molecule has 2 fully saturated rings. The lowest BCUT2D eigenvalue weighted by atomic mass is 9.81. The largest absolute Gasteiger partial charge is 0.364 e. The monoisotopic (exact) mass is 446 g/mol. The number of pyridine rings is 3. The fraction of sp³-hybridized carbons (Fsp3) is 0.440. The van der Waals surface area contributed by atoms with E-state index in [-0.39, 0.29) is 11.5 Å². The lowest BCUT2D eigenvalue weighted by Gasteiger charge is -2.54. The van der Waals surface area contributed by atoms with E-state index >= 15 is 0 Å². The molecule has 0 spiro atoms. The number of hydrogen-bond acceptors (Lipinski definition) is 6. The van der Waals surface area contributed by atoms with Crippen molar-refractivity contribution in [1.82, 2.24) is 25.2 Å². The molecule has 1 aliphatic heterocycles. The zero-order chi connectivity index (χ0) is 22.9. The van der Waals surface area contributed by atoms with Crippen molar-refractivity contribution in [2.75, 3.05) is 25.0 Å². The normalized spacial score (nSPS) is 20.4. The van der Waals surface area contributed by atoms with E-state index in [4.69, 9.17) is 0 Å². The predicted octanol–water partition coefficient (Wildman–Crippen LogP) is 2.48. The minimum absolute atomic E-state index is 0.00739. The van der Waals surface area contributed by atoms with Gasteiger partial charge < -0.3 is 15.2 Å². The molecule has 5 rings (SSSR count). The number of carbonyl (C=O) groups is 1. The van der Waals surface area contributed by atoms with Crippen molar-refractivity contribution in [3.05, 3.63) is 63.8 Å². The summed E-state index contributed by atoms with van der Waals surface area (Å²) in [6.07, 6.45) is 7.79. The Labute approximate surface area is 193 Å². The van der Waals surface area contributed by atoms with Crippen LogP contribution in [0.25, 0.3) is 11.0 Å². The van der Waals surface area contributed by atoms with Gasteiger partial charge >= 0.3 is 0 Å². The Balaban J connectivity index is 1.29. The van der Waals surface area contributed by atoms with Crippen LogP contribution >= 0.6 is 0 Å². The second kappa shape index (κ2) is 8.94. The number of amides is 1. The minimum Gasteiger partial charge on any atom is -0.364 e. The molecule has 1 amide bonds. The lowest BCUT2D eigenvalue weighted by Crippen LogP contribution is -2.64. The van der Waals surface area contributed by atoms with Crippen LogP contribution < -0.4 is 15.8 Å². The topological polar surface area (TPSA) is 94.2 Å². The highest BCUT2D eigenvalue weighted by Gasteiger charge is 2.42. The molecular weight excluding hydrogens is 416 g/mol. The number of piperazine rings is 1. The summed E-state index contributed by atoms with van der Waals surface area (Å²) in [5, 5.41) is 2.61. The molecule has 0 unspecified atom stereocenters. The van der Waals surface area contributed by atoms with E-state index in [1.807, 2.05) is 24.5 Å². The maximum Gasteiger partial charge on any atom is 0.269 e. The first-order valence-corrected chi connectivity index (χ1v) is 11.8. The van der Waals surface area contributed by atoms with Gasteiger partial charge in [0.25, 0.3) is 11.5 Å². The molecule has 0 aromatic carbocycles. The van der Waals surface area contributed by atoms with Crippen LogP contribution in [0, 0.1) is 0 Å². The molecule has 1 aliphatic carbocycles. The van der Waals surface area contributed by atoms with Gasteiger partial charge in [0, 0.05) is 50.5 Å². The van der Waals surface area contributed by atoms with Gasteiger partial charge in [0.05, 0.1) is 22.9 Å². The van der Waals surface area contributed by atoms with E-state index in [0.29, 0.717) is 17.8 Å². The van der Waals surface area contributed by atoms with Crippen molar-refractivity contribution < 1.29 is 4.79 Å². The number of H-pyrrole nitrogens is 1. The first kappa shape index (κ1) is 21.6. The van der Waals surface area contributed by atoms with Crippen molar-refractivity contribution in [2.24, 2.45) is 0 Å². The van der Waals surface area contributed by atoms with Crippen molar-refractivity contribution in [3.63, 3.8) is 0 Å². The smallest absolute Gasteiger partial charge is 0.269 e. The first-order chi connectivity index (χ1) is 16.1. The van der Waals surface area contributed by atoms with Crippen LogP contribution in [0.4, 0.5) is 5.69 Å². The van der Waals surface area contributed by atoms with Crippen LogP contribution in [-0.4, -0.2) is 58.0 Å². The number of nitrogens with zero attached hydrogens (tertiary/aromatic N) is 4. The van der Waals surface area contributed by atoms with Crippen LogP contribution in [0.3, 0.4) is 0 Å². The Kier molecular flexibility index (Phi) is 5.85. The summed E-state index contributed by atoms with van der Waals surface area (Å²) in [6, 6.07) is 8.73. The summed E-state index contributed by atoms with van der Waals surface area (Å²) >= 11 is 0. The van der Waals surface area contributed by atoms with Gasteiger partial charge in [-0.15, -0.1) is 0 Å². The summed E-state index contributed by atoms with van der Waals surface area (Å²) in [4.78, 5) is 41.1. The Hall–Kier alpha value is -3.26. The van der Waals surface area contributed by atoms with Crippen LogP contribution in [0.2, 0.25) is 0 Å². The van der Waals surface area contributed by atoms with E-state index in [1.54, 1.807) is 13.1 Å². The molecule has 8 heteroatoms. The van der Waals surface area contributed by atoms with Gasteiger partial charge in [-0.1, -0.05) is 13.3 Å². The molecule has 3 aromatic rings. The number of fused-ring (bicyclic) bond motifs is 2. The highest BCUT2D eigenvalue weighted by Crippen LogP contribution is 2.37. The van der Waals surface area contributed by atoms with Gasteiger partial charge in [-0.25, -0.2) is 4.98 Å². The number of nitrogens with one attached hydrogen (secondary N) is 2. The van der Waals surface area contributed by atoms with Crippen molar-refractivity contribution in [2.45, 2.75) is 51.2 Å². The molecule has 4 heterocycles. The first-order valence-electron chi connectivity index (χ1n) is 11.8. The van der Waals surface area contributed by atoms with Crippen molar-refractivity contribution in [1.29, 1.82) is 0 Å². The van der Waals surface area contributed by atoms with Gasteiger partial charge in [0.1, 0.15) is 5.69 Å². The Morgan fingerprint density at radius 2 is 2.00 bits per heavy atom. The number of rotatable bonds is 6. The second-order valence-corrected chi connectivity index (χ2v) is 9.01. The lowest BCUT2D eigenvalue weighted by molar-refractivity contribution is 0.0658. The standard InChI is InChI=1S/C25H30N6O2/c1-3-4-17-12-20-21(29-24(17)32)11-16(13-27-20)15-30-9-10-31(23-8-7-22(23)30)18-5-6-19(28-14-18)25(33)26-2/h5-6,11-14,22-23H,3-4,7-10,15H2,1-2H3,(H,26,33)(H,29,32)/t22-,23-/m1/s1. The number of aromatic amines is 1. The molecule has 1 saturated carbocycles. The number of hydrogen-bond donors (Lipinski definition) is 2. The third-order valence-corrected chi connectivity index (χ3v) is 6.97. The summed E-state index contributed by atoms with van der Waals surface area (Å²) in [5.74, 6) is -0.167. The molecule has 172 valence electrons. The zero-order valence-corrected chi connectivity index (χ0v) is 19.2. The van der Waals surface area contributed by atoms with Gasteiger partial charge in [-0.05, 0) is 49.1 Å². The van der Waals surface area contributed by atoms with Gasteiger partial charge in [0.15, 0.2) is 0 Å². The fourth-order valence-electron chi connectivity index (χ4n) is 5.10. The van der Waals surface area contributed by atoms with Crippen LogP contribution in [0.15, 0.2) is 41.5 Å². The fourth-order valence-corrected chi connectivity index (χ4v) is 5.10. The third-order valence-electron chi connectivity index (χ3n) is 6.97. The Morgan fingerprint density at radius 3 is 2.70 bits per heavy atom. The molecular formula is C25H30N6O2.